The summed E-state index contributed by atoms with van der Waals surface area (Å²) in [6.45, 7) is 0.866. The summed E-state index contributed by atoms with van der Waals surface area (Å²) in [5.74, 6) is 1.06. The highest BCUT2D eigenvalue weighted by Crippen LogP contribution is 2.52. The number of imidazole rings is 1. The van der Waals surface area contributed by atoms with Crippen LogP contribution in [0.4, 0.5) is 0 Å². The molecule has 3 aromatic rings. The Balaban J connectivity index is 1.64. The van der Waals surface area contributed by atoms with Crippen LogP contribution in [-0.4, -0.2) is 21.1 Å². The van der Waals surface area contributed by atoms with Crippen molar-refractivity contribution >= 4 is 23.2 Å². The lowest BCUT2D eigenvalue weighted by molar-refractivity contribution is 0.162. The van der Waals surface area contributed by atoms with Crippen LogP contribution >= 0.6 is 23.2 Å². The topological polar surface area (TPSA) is 42.7 Å². The van der Waals surface area contributed by atoms with Gasteiger partial charge >= 0.3 is 0 Å². The van der Waals surface area contributed by atoms with Crippen molar-refractivity contribution in [2.75, 3.05) is 6.54 Å². The minimum Gasteiger partial charge on any atom is -0.337 e. The average molecular weight is 415 g/mol. The molecule has 0 bridgehead atoms. The summed E-state index contributed by atoms with van der Waals surface area (Å²) < 4.78 is 2.11. The lowest BCUT2D eigenvalue weighted by Gasteiger charge is -2.48. The molecule has 1 atom stereocenters. The van der Waals surface area contributed by atoms with Crippen LogP contribution in [0.2, 0.25) is 10.0 Å². The predicted octanol–water partition coefficient (Wildman–Crippen LogP) is 5.12. The minimum atomic E-state index is -0.0222. The molecule has 146 valence electrons. The molecule has 1 aliphatic rings. The summed E-state index contributed by atoms with van der Waals surface area (Å²) in [4.78, 5) is 8.79. The smallest absolute Gasteiger partial charge is 0.126 e. The summed E-state index contributed by atoms with van der Waals surface area (Å²) in [6.07, 6.45) is 11.9. The molecular formula is C22H24Cl2N4. The summed E-state index contributed by atoms with van der Waals surface area (Å²) in [7, 11) is 2.06. The Morgan fingerprint density at radius 3 is 2.50 bits per heavy atom. The van der Waals surface area contributed by atoms with E-state index in [2.05, 4.69) is 45.1 Å². The van der Waals surface area contributed by atoms with Crippen molar-refractivity contribution in [2.45, 2.75) is 37.1 Å². The number of halogens is 2. The van der Waals surface area contributed by atoms with E-state index in [0.717, 1.165) is 31.6 Å². The molecule has 0 saturated heterocycles. The highest BCUT2D eigenvalue weighted by molar-refractivity contribution is 6.42. The summed E-state index contributed by atoms with van der Waals surface area (Å²) >= 11 is 12.5. The van der Waals surface area contributed by atoms with Gasteiger partial charge < -0.3 is 9.88 Å². The Morgan fingerprint density at radius 1 is 1.11 bits per heavy atom. The van der Waals surface area contributed by atoms with Crippen molar-refractivity contribution in [1.29, 1.82) is 0 Å². The molecule has 1 aliphatic carbocycles. The van der Waals surface area contributed by atoms with Crippen LogP contribution in [0.15, 0.2) is 55.1 Å². The molecule has 1 saturated carbocycles. The number of aryl methyl sites for hydroxylation is 1. The molecule has 28 heavy (non-hydrogen) atoms. The van der Waals surface area contributed by atoms with Crippen molar-refractivity contribution in [3.05, 3.63) is 82.1 Å². The zero-order valence-electron chi connectivity index (χ0n) is 15.9. The zero-order valence-corrected chi connectivity index (χ0v) is 17.4. The first-order valence-electron chi connectivity index (χ1n) is 9.65. The van der Waals surface area contributed by atoms with Gasteiger partial charge in [-0.1, -0.05) is 35.7 Å². The molecule has 1 N–H and O–H groups in total. The number of hydrogen-bond donors (Lipinski definition) is 1. The van der Waals surface area contributed by atoms with E-state index >= 15 is 0 Å². The first kappa shape index (κ1) is 19.4. The van der Waals surface area contributed by atoms with Crippen LogP contribution in [0.25, 0.3) is 0 Å². The summed E-state index contributed by atoms with van der Waals surface area (Å²) in [6, 6.07) is 10.3. The highest BCUT2D eigenvalue weighted by Gasteiger charge is 2.47. The van der Waals surface area contributed by atoms with Crippen LogP contribution < -0.4 is 5.32 Å². The molecule has 4 nitrogen and oxygen atoms in total. The Hall–Kier alpha value is -1.88. The fraction of sp³-hybridized carbons (Fsp3) is 0.364. The number of nitrogens with zero attached hydrogens (tertiary/aromatic N) is 3. The first-order chi connectivity index (χ1) is 13.6. The molecule has 0 amide bonds. The zero-order chi connectivity index (χ0) is 19.6. The minimum absolute atomic E-state index is 0.0222. The fourth-order valence-electron chi connectivity index (χ4n) is 4.21. The Kier molecular flexibility index (Phi) is 5.72. The molecule has 0 spiro atoms. The largest absolute Gasteiger partial charge is 0.337 e. The van der Waals surface area contributed by atoms with Gasteiger partial charge in [-0.25, -0.2) is 4.98 Å². The maximum absolute atomic E-state index is 6.37. The number of pyridine rings is 1. The van der Waals surface area contributed by atoms with Gasteiger partial charge in [0.25, 0.3) is 0 Å². The summed E-state index contributed by atoms with van der Waals surface area (Å²) in [5, 5.41) is 5.02. The monoisotopic (exact) mass is 414 g/mol. The predicted molar refractivity (Wildman–Crippen MR) is 114 cm³/mol. The van der Waals surface area contributed by atoms with Gasteiger partial charge in [-0.2, -0.15) is 0 Å². The molecule has 6 heteroatoms. The maximum atomic E-state index is 6.37. The van der Waals surface area contributed by atoms with Gasteiger partial charge in [0.05, 0.1) is 16.1 Å². The Morgan fingerprint density at radius 2 is 1.89 bits per heavy atom. The van der Waals surface area contributed by atoms with Crippen molar-refractivity contribution in [1.82, 2.24) is 19.9 Å². The Bertz CT molecular complexity index is 935. The number of aromatic nitrogens is 3. The lowest BCUT2D eigenvalue weighted by atomic mass is 9.59. The SMILES string of the molecule is Cn1ccnc1C(NCCc1ccncc1)C1(c2ccc(Cl)c(Cl)c2)CCC1. The van der Waals surface area contributed by atoms with Crippen LogP contribution in [0, 0.1) is 0 Å². The number of hydrogen-bond acceptors (Lipinski definition) is 3. The fourth-order valence-corrected chi connectivity index (χ4v) is 4.50. The van der Waals surface area contributed by atoms with Crippen LogP contribution in [-0.2, 0) is 18.9 Å². The van der Waals surface area contributed by atoms with E-state index in [-0.39, 0.29) is 11.5 Å². The standard InChI is InChI=1S/C22H24Cl2N4/c1-28-14-13-27-21(28)20(26-12-7-16-5-10-25-11-6-16)22(8-2-9-22)17-3-4-18(23)19(24)15-17/h3-6,10-11,13-15,20,26H,2,7-9,12H2,1H3. The second-order valence-electron chi connectivity index (χ2n) is 7.53. The normalized spacial score (nSPS) is 16.5. The molecule has 1 fully saturated rings. The third kappa shape index (κ3) is 3.69. The van der Waals surface area contributed by atoms with E-state index in [0.29, 0.717) is 10.0 Å². The van der Waals surface area contributed by atoms with Gasteiger partial charge in [-0.15, -0.1) is 0 Å². The Labute approximate surface area is 175 Å². The van der Waals surface area contributed by atoms with E-state index < -0.39 is 0 Å². The van der Waals surface area contributed by atoms with E-state index in [4.69, 9.17) is 23.2 Å². The molecule has 1 aromatic carbocycles. The molecule has 0 radical (unpaired) electrons. The van der Waals surface area contributed by atoms with Gasteiger partial charge in [0.1, 0.15) is 5.82 Å². The maximum Gasteiger partial charge on any atom is 0.126 e. The van der Waals surface area contributed by atoms with Crippen molar-refractivity contribution in [2.24, 2.45) is 7.05 Å². The third-order valence-corrected chi connectivity index (χ3v) is 6.66. The second kappa shape index (κ2) is 8.24. The quantitative estimate of drug-likeness (QED) is 0.583. The highest BCUT2D eigenvalue weighted by atomic mass is 35.5. The van der Waals surface area contributed by atoms with E-state index in [1.54, 1.807) is 0 Å². The average Bonchev–Trinajstić information content (AvgIpc) is 3.09. The van der Waals surface area contributed by atoms with Crippen LogP contribution in [0.3, 0.4) is 0 Å². The molecule has 4 rings (SSSR count). The van der Waals surface area contributed by atoms with Crippen molar-refractivity contribution in [3.8, 4) is 0 Å². The van der Waals surface area contributed by atoms with Gasteiger partial charge in [0, 0.05) is 37.3 Å². The van der Waals surface area contributed by atoms with E-state index in [1.807, 2.05) is 36.9 Å². The van der Waals surface area contributed by atoms with Crippen molar-refractivity contribution < 1.29 is 0 Å². The van der Waals surface area contributed by atoms with Crippen LogP contribution in [0.1, 0.15) is 42.3 Å². The molecule has 2 aromatic heterocycles. The van der Waals surface area contributed by atoms with E-state index in [9.17, 15) is 0 Å². The molecular weight excluding hydrogens is 391 g/mol. The third-order valence-electron chi connectivity index (χ3n) is 5.92. The summed E-state index contributed by atoms with van der Waals surface area (Å²) in [5.41, 5.74) is 2.49. The molecule has 0 aliphatic heterocycles. The van der Waals surface area contributed by atoms with Gasteiger partial charge in [-0.3, -0.25) is 4.98 Å². The van der Waals surface area contributed by atoms with Crippen LogP contribution in [0.5, 0.6) is 0 Å². The number of benzene rings is 1. The van der Waals surface area contributed by atoms with Gasteiger partial charge in [-0.05, 0) is 61.2 Å². The lowest BCUT2D eigenvalue weighted by Crippen LogP contribution is -2.48. The van der Waals surface area contributed by atoms with Gasteiger partial charge in [0.2, 0.25) is 0 Å². The molecule has 2 heterocycles. The van der Waals surface area contributed by atoms with E-state index in [1.165, 1.54) is 17.5 Å². The second-order valence-corrected chi connectivity index (χ2v) is 8.34. The van der Waals surface area contributed by atoms with Gasteiger partial charge in [0.15, 0.2) is 0 Å². The molecule has 1 unspecified atom stereocenters. The number of nitrogens with one attached hydrogen (secondary N) is 1. The number of rotatable bonds is 7. The van der Waals surface area contributed by atoms with Crippen molar-refractivity contribution in [3.63, 3.8) is 0 Å². The first-order valence-corrected chi connectivity index (χ1v) is 10.4.